The standard InChI is InChI=1S/C66H123N2O7P/c1-7-10-13-16-19-22-25-27-28-29-30-31-32-33-34-35-36-37-38-39-40-41-44-47-50-53-56-59-66(70)75-64(57-54-51-48-45-43-26-23-20-17-14-11-8-2)63(62-74-76(71,72)73-61-60-68(4,5)6)67-65(69)58-55-52-49-46-42-24-21-18-15-12-9-3/h19,22,27-28,30-31,33-34,54,57,63-64H,7-18,20-21,23-26,29,32,35-53,55-56,58-62H2,1-6H3,(H-,67,69,71,72)/b22-19-,28-27-,31-30-,34-33-,57-54-. The van der Waals surface area contributed by atoms with Gasteiger partial charge in [-0.05, 0) is 76.7 Å². The van der Waals surface area contributed by atoms with Crippen molar-refractivity contribution in [1.29, 1.82) is 0 Å². The Balaban J connectivity index is 5.02. The molecule has 0 aliphatic carbocycles. The molecule has 0 radical (unpaired) electrons. The van der Waals surface area contributed by atoms with Gasteiger partial charge in [-0.3, -0.25) is 14.2 Å². The SMILES string of the molecule is CCCCC/C=C\C/C=C\C/C=C\C/C=C\CCCCCCCCCCCCCC(=O)OC(/C=C\CCCCCCCCCCCC)C(COP(=O)([O-])OCC[N+](C)(C)C)NC(=O)CCCCCCCCCCCCC. The van der Waals surface area contributed by atoms with Crippen LogP contribution in [0.3, 0.4) is 0 Å². The zero-order valence-electron chi connectivity index (χ0n) is 50.7. The van der Waals surface area contributed by atoms with E-state index in [-0.39, 0.29) is 31.5 Å². The lowest BCUT2D eigenvalue weighted by Crippen LogP contribution is -2.47. The van der Waals surface area contributed by atoms with Crippen molar-refractivity contribution >= 4 is 19.7 Å². The first-order valence-electron chi connectivity index (χ1n) is 32.1. The van der Waals surface area contributed by atoms with Crippen molar-refractivity contribution in [3.05, 3.63) is 60.8 Å². The molecule has 1 N–H and O–H groups in total. The van der Waals surface area contributed by atoms with Gasteiger partial charge in [-0.1, -0.05) is 268 Å². The number of quaternary nitrogens is 1. The van der Waals surface area contributed by atoms with Crippen molar-refractivity contribution in [1.82, 2.24) is 5.32 Å². The molecule has 3 unspecified atom stereocenters. The lowest BCUT2D eigenvalue weighted by atomic mass is 10.0. The summed E-state index contributed by atoms with van der Waals surface area (Å²) in [4.78, 5) is 39.9. The van der Waals surface area contributed by atoms with Gasteiger partial charge in [-0.15, -0.1) is 0 Å². The molecule has 0 fully saturated rings. The van der Waals surface area contributed by atoms with Gasteiger partial charge in [0.05, 0.1) is 33.8 Å². The molecule has 0 rings (SSSR count). The molecule has 0 aromatic heterocycles. The number of amides is 1. The monoisotopic (exact) mass is 1090 g/mol. The lowest BCUT2D eigenvalue weighted by Gasteiger charge is -2.30. The van der Waals surface area contributed by atoms with E-state index in [0.29, 0.717) is 17.4 Å². The minimum Gasteiger partial charge on any atom is -0.756 e. The molecule has 444 valence electrons. The van der Waals surface area contributed by atoms with Crippen LogP contribution in [0.1, 0.15) is 297 Å². The molecular formula is C66H123N2O7P. The molecule has 0 spiro atoms. The van der Waals surface area contributed by atoms with E-state index in [2.05, 4.69) is 74.7 Å². The fourth-order valence-electron chi connectivity index (χ4n) is 9.21. The number of carbonyl (C=O) groups is 2. The van der Waals surface area contributed by atoms with Crippen LogP contribution >= 0.6 is 7.82 Å². The van der Waals surface area contributed by atoms with Crippen molar-refractivity contribution in [3.63, 3.8) is 0 Å². The number of ether oxygens (including phenoxy) is 1. The van der Waals surface area contributed by atoms with Gasteiger partial charge in [0.1, 0.15) is 19.3 Å². The minimum atomic E-state index is -4.69. The molecule has 9 nitrogen and oxygen atoms in total. The van der Waals surface area contributed by atoms with E-state index < -0.39 is 20.0 Å². The highest BCUT2D eigenvalue weighted by Crippen LogP contribution is 2.38. The predicted octanol–water partition coefficient (Wildman–Crippen LogP) is 19.2. The maximum atomic E-state index is 13.5. The van der Waals surface area contributed by atoms with Crippen LogP contribution in [0.4, 0.5) is 0 Å². The molecular weight excluding hydrogens is 964 g/mol. The molecule has 0 aliphatic rings. The van der Waals surface area contributed by atoms with Crippen LogP contribution in [0.2, 0.25) is 0 Å². The highest BCUT2D eigenvalue weighted by molar-refractivity contribution is 7.45. The topological polar surface area (TPSA) is 114 Å². The van der Waals surface area contributed by atoms with E-state index in [1.54, 1.807) is 0 Å². The first-order valence-corrected chi connectivity index (χ1v) is 33.6. The van der Waals surface area contributed by atoms with Crippen LogP contribution in [-0.4, -0.2) is 69.4 Å². The normalized spacial score (nSPS) is 14.0. The second-order valence-electron chi connectivity index (χ2n) is 22.9. The summed E-state index contributed by atoms with van der Waals surface area (Å²) in [5.41, 5.74) is 0. The number of phosphoric ester groups is 1. The number of nitrogens with one attached hydrogen (secondary N) is 1. The van der Waals surface area contributed by atoms with Crippen LogP contribution < -0.4 is 10.2 Å². The molecule has 1 amide bonds. The summed E-state index contributed by atoms with van der Waals surface area (Å²) in [6, 6.07) is -0.887. The van der Waals surface area contributed by atoms with Gasteiger partial charge in [-0.2, -0.15) is 0 Å². The van der Waals surface area contributed by atoms with Crippen LogP contribution in [0.15, 0.2) is 60.8 Å². The molecule has 0 aromatic carbocycles. The van der Waals surface area contributed by atoms with Crippen LogP contribution in [-0.2, 0) is 27.9 Å². The maximum Gasteiger partial charge on any atom is 0.306 e. The van der Waals surface area contributed by atoms with E-state index in [1.165, 1.54) is 186 Å². The van der Waals surface area contributed by atoms with Gasteiger partial charge >= 0.3 is 5.97 Å². The Kier molecular flexibility index (Phi) is 54.3. The first-order chi connectivity index (χ1) is 36.9. The maximum absolute atomic E-state index is 13.5. The Hall–Kier alpha value is -2.29. The van der Waals surface area contributed by atoms with Crippen LogP contribution in [0, 0.1) is 0 Å². The predicted molar refractivity (Wildman–Crippen MR) is 325 cm³/mol. The molecule has 76 heavy (non-hydrogen) atoms. The number of hydrogen-bond acceptors (Lipinski definition) is 7. The van der Waals surface area contributed by atoms with Gasteiger partial charge in [0, 0.05) is 12.8 Å². The number of carbonyl (C=O) groups excluding carboxylic acids is 2. The van der Waals surface area contributed by atoms with Gasteiger partial charge < -0.3 is 28.5 Å². The average Bonchev–Trinajstić information content (AvgIpc) is 3.38. The van der Waals surface area contributed by atoms with E-state index in [0.717, 1.165) is 77.0 Å². The van der Waals surface area contributed by atoms with Crippen LogP contribution in [0.5, 0.6) is 0 Å². The lowest BCUT2D eigenvalue weighted by molar-refractivity contribution is -0.870. The number of rotatable bonds is 58. The summed E-state index contributed by atoms with van der Waals surface area (Å²) in [5.74, 6) is -0.538. The molecule has 0 heterocycles. The Bertz CT molecular complexity index is 1490. The highest BCUT2D eigenvalue weighted by atomic mass is 31.2. The molecule has 0 saturated heterocycles. The number of unbranched alkanes of at least 4 members (excludes halogenated alkanes) is 34. The smallest absolute Gasteiger partial charge is 0.306 e. The molecule has 0 aliphatic heterocycles. The second kappa shape index (κ2) is 56.0. The average molecular weight is 1090 g/mol. The zero-order chi connectivity index (χ0) is 55.7. The number of allylic oxidation sites excluding steroid dienone is 9. The van der Waals surface area contributed by atoms with Crippen molar-refractivity contribution < 1.29 is 37.3 Å². The Morgan fingerprint density at radius 1 is 0.461 bits per heavy atom. The molecule has 0 saturated carbocycles. The van der Waals surface area contributed by atoms with Crippen molar-refractivity contribution in [2.75, 3.05) is 40.9 Å². The van der Waals surface area contributed by atoms with E-state index in [9.17, 15) is 19.0 Å². The molecule has 10 heteroatoms. The largest absolute Gasteiger partial charge is 0.756 e. The molecule has 0 bridgehead atoms. The van der Waals surface area contributed by atoms with Crippen molar-refractivity contribution in [3.8, 4) is 0 Å². The summed E-state index contributed by atoms with van der Waals surface area (Å²) in [6.07, 6.45) is 70.5. The number of likely N-dealkylation sites (N-methyl/N-ethyl adjacent to an activating group) is 1. The number of nitrogens with zero attached hydrogens (tertiary/aromatic N) is 1. The third kappa shape index (κ3) is 56.4. The number of hydrogen-bond donors (Lipinski definition) is 1. The Morgan fingerprint density at radius 3 is 1.22 bits per heavy atom. The van der Waals surface area contributed by atoms with E-state index >= 15 is 0 Å². The second-order valence-corrected chi connectivity index (χ2v) is 24.3. The fraction of sp³-hybridized carbons (Fsp3) is 0.818. The number of esters is 1. The quantitative estimate of drug-likeness (QED) is 0.0212. The third-order valence-corrected chi connectivity index (χ3v) is 15.2. The van der Waals surface area contributed by atoms with Gasteiger partial charge in [0.2, 0.25) is 5.91 Å². The van der Waals surface area contributed by atoms with Crippen LogP contribution in [0.25, 0.3) is 0 Å². The van der Waals surface area contributed by atoms with E-state index in [4.69, 9.17) is 13.8 Å². The van der Waals surface area contributed by atoms with Crippen molar-refractivity contribution in [2.45, 2.75) is 309 Å². The molecule has 0 aromatic rings. The Labute approximate surface area is 471 Å². The van der Waals surface area contributed by atoms with Gasteiger partial charge in [-0.25, -0.2) is 0 Å². The van der Waals surface area contributed by atoms with Gasteiger partial charge in [0.15, 0.2) is 0 Å². The Morgan fingerprint density at radius 2 is 0.803 bits per heavy atom. The summed E-state index contributed by atoms with van der Waals surface area (Å²) >= 11 is 0. The summed E-state index contributed by atoms with van der Waals surface area (Å²) in [7, 11) is 1.19. The van der Waals surface area contributed by atoms with E-state index in [1.807, 2.05) is 33.3 Å². The molecule has 3 atom stereocenters. The summed E-state index contributed by atoms with van der Waals surface area (Å²) in [6.45, 7) is 6.82. The number of phosphoric acid groups is 1. The minimum absolute atomic E-state index is 0.0222. The third-order valence-electron chi connectivity index (χ3n) is 14.2. The summed E-state index contributed by atoms with van der Waals surface area (Å²) < 4.78 is 30.3. The first kappa shape index (κ1) is 73.7. The van der Waals surface area contributed by atoms with Gasteiger partial charge in [0.25, 0.3) is 7.82 Å². The zero-order valence-corrected chi connectivity index (χ0v) is 51.6. The summed E-state index contributed by atoms with van der Waals surface area (Å²) in [5, 5.41) is 3.02. The highest BCUT2D eigenvalue weighted by Gasteiger charge is 2.27. The fourth-order valence-corrected chi connectivity index (χ4v) is 9.94. The van der Waals surface area contributed by atoms with Crippen molar-refractivity contribution in [2.24, 2.45) is 0 Å².